The fourth-order valence-corrected chi connectivity index (χ4v) is 1.98. The smallest absolute Gasteiger partial charge is 0.271 e. The number of nitrogens with zero attached hydrogens (tertiary/aromatic N) is 2. The summed E-state index contributed by atoms with van der Waals surface area (Å²) in [7, 11) is 0. The largest absolute Gasteiger partial charge is 0.504 e. The molecule has 0 fully saturated rings. The number of aromatic hydroxyl groups is 1. The quantitative estimate of drug-likeness (QED) is 0.695. The molecule has 110 valence electrons. The molecule has 2 rings (SSSR count). The van der Waals surface area contributed by atoms with Crippen LogP contribution in [0.15, 0.2) is 24.8 Å². The molecule has 1 aromatic carbocycles. The molecule has 7 nitrogen and oxygen atoms in total. The Labute approximate surface area is 121 Å². The predicted octanol–water partition coefficient (Wildman–Crippen LogP) is 1.40. The molecule has 0 spiro atoms. The number of carbonyl (C=O) groups is 1. The minimum Gasteiger partial charge on any atom is -0.504 e. The maximum Gasteiger partial charge on any atom is 0.271 e. The van der Waals surface area contributed by atoms with E-state index in [0.717, 1.165) is 0 Å². The van der Waals surface area contributed by atoms with E-state index < -0.39 is 5.91 Å². The van der Waals surface area contributed by atoms with Crippen molar-refractivity contribution in [2.45, 2.75) is 13.3 Å². The minimum atomic E-state index is -0.685. The summed E-state index contributed by atoms with van der Waals surface area (Å²) in [6.45, 7) is 5.86. The van der Waals surface area contributed by atoms with Gasteiger partial charge in [0.25, 0.3) is 5.91 Å². The summed E-state index contributed by atoms with van der Waals surface area (Å²) in [6, 6.07) is 3.29. The van der Waals surface area contributed by atoms with Crippen LogP contribution in [0.25, 0.3) is 11.3 Å². The maximum atomic E-state index is 11.3. The van der Waals surface area contributed by atoms with Crippen LogP contribution in [0.3, 0.4) is 0 Å². The Balaban J connectivity index is 2.59. The van der Waals surface area contributed by atoms with Crippen LogP contribution in [0, 0.1) is 0 Å². The second kappa shape index (κ2) is 6.08. The predicted molar refractivity (Wildman–Crippen MR) is 77.1 cm³/mol. The second-order valence-electron chi connectivity index (χ2n) is 4.29. The number of benzene rings is 1. The van der Waals surface area contributed by atoms with Crippen molar-refractivity contribution in [3.05, 3.63) is 36.0 Å². The molecule has 0 aliphatic rings. The van der Waals surface area contributed by atoms with Crippen LogP contribution in [0.5, 0.6) is 11.5 Å². The van der Waals surface area contributed by atoms with Crippen molar-refractivity contribution >= 4 is 5.91 Å². The molecule has 0 aliphatic heterocycles. The van der Waals surface area contributed by atoms with E-state index in [4.69, 9.17) is 10.5 Å². The normalized spacial score (nSPS) is 10.3. The summed E-state index contributed by atoms with van der Waals surface area (Å²) in [5.74, 6) is -0.329. The highest BCUT2D eigenvalue weighted by Crippen LogP contribution is 2.36. The van der Waals surface area contributed by atoms with Gasteiger partial charge in [-0.1, -0.05) is 6.08 Å². The SMILES string of the molecule is C=CCc1cc(-c2n[nH]nc2C(N)=O)cc(OCC)c1O. The number of primary amides is 1. The number of nitrogens with one attached hydrogen (secondary N) is 1. The average molecular weight is 288 g/mol. The zero-order chi connectivity index (χ0) is 15.4. The number of nitrogens with two attached hydrogens (primary N) is 1. The molecular weight excluding hydrogens is 272 g/mol. The Hall–Kier alpha value is -2.83. The van der Waals surface area contributed by atoms with Crippen molar-refractivity contribution in [2.24, 2.45) is 5.73 Å². The lowest BCUT2D eigenvalue weighted by Gasteiger charge is -2.11. The van der Waals surface area contributed by atoms with E-state index in [-0.39, 0.29) is 11.4 Å². The maximum absolute atomic E-state index is 11.3. The topological polar surface area (TPSA) is 114 Å². The highest BCUT2D eigenvalue weighted by molar-refractivity contribution is 5.96. The monoisotopic (exact) mass is 288 g/mol. The Morgan fingerprint density at radius 2 is 2.29 bits per heavy atom. The van der Waals surface area contributed by atoms with E-state index in [1.807, 2.05) is 6.92 Å². The Morgan fingerprint density at radius 1 is 1.52 bits per heavy atom. The standard InChI is InChI=1S/C14H16N4O3/c1-3-5-8-6-9(7-10(13(8)19)21-4-2)11-12(14(15)20)17-18-16-11/h3,6-7,19H,1,4-5H2,2H3,(H2,15,20)(H,16,17,18). The van der Waals surface area contributed by atoms with E-state index >= 15 is 0 Å². The van der Waals surface area contributed by atoms with Crippen molar-refractivity contribution in [3.8, 4) is 22.8 Å². The number of ether oxygens (including phenoxy) is 1. The molecule has 0 saturated heterocycles. The number of carbonyl (C=O) groups excluding carboxylic acids is 1. The highest BCUT2D eigenvalue weighted by atomic mass is 16.5. The number of phenols is 1. The molecule has 1 heterocycles. The summed E-state index contributed by atoms with van der Waals surface area (Å²) >= 11 is 0. The fourth-order valence-electron chi connectivity index (χ4n) is 1.98. The summed E-state index contributed by atoms with van der Waals surface area (Å²) in [4.78, 5) is 11.3. The van der Waals surface area contributed by atoms with Crippen molar-refractivity contribution in [1.29, 1.82) is 0 Å². The number of aromatic nitrogens is 3. The summed E-state index contributed by atoms with van der Waals surface area (Å²) in [5.41, 5.74) is 6.80. The molecule has 2 aromatic rings. The number of aromatic amines is 1. The number of hydrogen-bond donors (Lipinski definition) is 3. The number of H-pyrrole nitrogens is 1. The number of allylic oxidation sites excluding steroid dienone is 1. The molecule has 4 N–H and O–H groups in total. The second-order valence-corrected chi connectivity index (χ2v) is 4.29. The molecule has 0 unspecified atom stereocenters. The lowest BCUT2D eigenvalue weighted by molar-refractivity contribution is 0.0996. The minimum absolute atomic E-state index is 0.0349. The van der Waals surface area contributed by atoms with E-state index in [1.54, 1.807) is 18.2 Å². The van der Waals surface area contributed by atoms with Gasteiger partial charge in [0.1, 0.15) is 5.69 Å². The third-order valence-corrected chi connectivity index (χ3v) is 2.87. The zero-order valence-electron chi connectivity index (χ0n) is 11.6. The lowest BCUT2D eigenvalue weighted by Crippen LogP contribution is -2.12. The van der Waals surface area contributed by atoms with Crippen molar-refractivity contribution in [1.82, 2.24) is 15.4 Å². The number of hydrogen-bond acceptors (Lipinski definition) is 5. The summed E-state index contributed by atoms with van der Waals surface area (Å²) in [5, 5.41) is 20.2. The van der Waals surface area contributed by atoms with Gasteiger partial charge in [0, 0.05) is 11.1 Å². The van der Waals surface area contributed by atoms with Gasteiger partial charge in [-0.25, -0.2) is 0 Å². The number of phenolic OH excluding ortho intramolecular Hbond substituents is 1. The fraction of sp³-hybridized carbons (Fsp3) is 0.214. The molecule has 0 radical (unpaired) electrons. The molecule has 7 heteroatoms. The van der Waals surface area contributed by atoms with Gasteiger partial charge in [-0.3, -0.25) is 4.79 Å². The first-order chi connectivity index (χ1) is 10.1. The molecule has 0 atom stereocenters. The van der Waals surface area contributed by atoms with Crippen LogP contribution >= 0.6 is 0 Å². The van der Waals surface area contributed by atoms with Gasteiger partial charge >= 0.3 is 0 Å². The Kier molecular flexibility index (Phi) is 4.22. The van der Waals surface area contributed by atoms with Gasteiger partial charge in [-0.2, -0.15) is 15.4 Å². The van der Waals surface area contributed by atoms with Crippen LogP contribution < -0.4 is 10.5 Å². The lowest BCUT2D eigenvalue weighted by atomic mass is 10.0. The van der Waals surface area contributed by atoms with Crippen LogP contribution in [-0.2, 0) is 6.42 Å². The van der Waals surface area contributed by atoms with Gasteiger partial charge in [0.05, 0.1) is 6.61 Å². The average Bonchev–Trinajstić information content (AvgIpc) is 2.93. The summed E-state index contributed by atoms with van der Waals surface area (Å²) < 4.78 is 5.40. The van der Waals surface area contributed by atoms with Crippen molar-refractivity contribution in [3.63, 3.8) is 0 Å². The van der Waals surface area contributed by atoms with Crippen molar-refractivity contribution < 1.29 is 14.6 Å². The van der Waals surface area contributed by atoms with E-state index in [9.17, 15) is 9.90 Å². The van der Waals surface area contributed by atoms with Gasteiger partial charge < -0.3 is 15.6 Å². The molecular formula is C14H16N4O3. The first-order valence-electron chi connectivity index (χ1n) is 6.39. The van der Waals surface area contributed by atoms with Crippen LogP contribution in [-0.4, -0.2) is 33.0 Å². The van der Waals surface area contributed by atoms with Gasteiger partial charge in [0.2, 0.25) is 0 Å². The number of rotatable bonds is 6. The van der Waals surface area contributed by atoms with Gasteiger partial charge in [-0.05, 0) is 25.5 Å². The van der Waals surface area contributed by atoms with E-state index in [0.29, 0.717) is 35.6 Å². The first kappa shape index (κ1) is 14.6. The van der Waals surface area contributed by atoms with Gasteiger partial charge in [-0.15, -0.1) is 6.58 Å². The van der Waals surface area contributed by atoms with E-state index in [2.05, 4.69) is 22.0 Å². The van der Waals surface area contributed by atoms with Crippen molar-refractivity contribution in [2.75, 3.05) is 6.61 Å². The highest BCUT2D eigenvalue weighted by Gasteiger charge is 2.18. The Bertz CT molecular complexity index is 679. The van der Waals surface area contributed by atoms with Crippen LogP contribution in [0.4, 0.5) is 0 Å². The summed E-state index contributed by atoms with van der Waals surface area (Å²) in [6.07, 6.45) is 2.11. The van der Waals surface area contributed by atoms with E-state index in [1.165, 1.54) is 0 Å². The number of amides is 1. The third kappa shape index (κ3) is 2.86. The molecule has 0 bridgehead atoms. The third-order valence-electron chi connectivity index (χ3n) is 2.87. The van der Waals surface area contributed by atoms with Gasteiger partial charge in [0.15, 0.2) is 17.2 Å². The van der Waals surface area contributed by atoms with Crippen LogP contribution in [0.1, 0.15) is 23.0 Å². The molecule has 1 aromatic heterocycles. The molecule has 21 heavy (non-hydrogen) atoms. The first-order valence-corrected chi connectivity index (χ1v) is 6.39. The molecule has 0 aliphatic carbocycles. The zero-order valence-corrected chi connectivity index (χ0v) is 11.6. The molecule has 0 saturated carbocycles. The molecule has 1 amide bonds. The van der Waals surface area contributed by atoms with Crippen LogP contribution in [0.2, 0.25) is 0 Å². The Morgan fingerprint density at radius 3 is 2.90 bits per heavy atom.